The van der Waals surface area contributed by atoms with Crippen molar-refractivity contribution in [3.63, 3.8) is 0 Å². The normalized spacial score (nSPS) is 17.0. The molecule has 0 unspecified atom stereocenters. The molecule has 1 aromatic rings. The average molecular weight is 234 g/mol. The van der Waals surface area contributed by atoms with Crippen molar-refractivity contribution in [3.8, 4) is 5.75 Å². The zero-order valence-electron chi connectivity index (χ0n) is 10.1. The van der Waals surface area contributed by atoms with Crippen molar-refractivity contribution in [1.29, 1.82) is 0 Å². The van der Waals surface area contributed by atoms with Crippen molar-refractivity contribution in [2.45, 2.75) is 51.4 Å². The maximum atomic E-state index is 11.1. The Kier molecular flexibility index (Phi) is 3.71. The summed E-state index contributed by atoms with van der Waals surface area (Å²) in [5.74, 6) is 1.22. The van der Waals surface area contributed by atoms with E-state index in [0.717, 1.165) is 18.7 Å². The van der Waals surface area contributed by atoms with Crippen LogP contribution in [0.2, 0.25) is 0 Å². The van der Waals surface area contributed by atoms with E-state index in [0.29, 0.717) is 11.6 Å². The molecule has 0 atom stereocenters. The van der Waals surface area contributed by atoms with Crippen molar-refractivity contribution in [1.82, 2.24) is 9.97 Å². The monoisotopic (exact) mass is 234 g/mol. The second-order valence-corrected chi connectivity index (χ2v) is 4.77. The molecule has 1 fully saturated rings. The molecule has 92 valence electrons. The van der Waals surface area contributed by atoms with E-state index >= 15 is 0 Å². The van der Waals surface area contributed by atoms with E-state index in [1.54, 1.807) is 0 Å². The molecule has 1 saturated carbocycles. The second-order valence-electron chi connectivity index (χ2n) is 4.77. The fourth-order valence-electron chi connectivity index (χ4n) is 2.35. The van der Waals surface area contributed by atoms with Crippen LogP contribution in [0.3, 0.4) is 0 Å². The van der Waals surface area contributed by atoms with E-state index in [-0.39, 0.29) is 18.0 Å². The summed E-state index contributed by atoms with van der Waals surface area (Å²) in [6.45, 7) is 1.50. The fraction of sp³-hybridized carbons (Fsp3) is 0.615. The number of carbonyl (C=O) groups excluding carboxylic acids is 1. The van der Waals surface area contributed by atoms with Crippen molar-refractivity contribution < 1.29 is 9.90 Å². The van der Waals surface area contributed by atoms with Gasteiger partial charge in [-0.2, -0.15) is 0 Å². The van der Waals surface area contributed by atoms with Crippen LogP contribution in [0.25, 0.3) is 0 Å². The number of aromatic nitrogens is 2. The van der Waals surface area contributed by atoms with Crippen molar-refractivity contribution in [3.05, 3.63) is 17.7 Å². The van der Waals surface area contributed by atoms with Crippen molar-refractivity contribution in [2.75, 3.05) is 0 Å². The molecule has 1 aromatic heterocycles. The predicted octanol–water partition coefficient (Wildman–Crippen LogP) is 2.36. The van der Waals surface area contributed by atoms with Gasteiger partial charge in [0.2, 0.25) is 0 Å². The molecule has 0 bridgehead atoms. The van der Waals surface area contributed by atoms with Crippen LogP contribution in [-0.4, -0.2) is 20.9 Å². The summed E-state index contributed by atoms with van der Waals surface area (Å²) < 4.78 is 0. The number of hydrogen-bond donors (Lipinski definition) is 1. The SMILES string of the molecule is CC(=O)Cc1nc(C2CCCCC2)ncc1O. The minimum atomic E-state index is 0.00796. The van der Waals surface area contributed by atoms with E-state index < -0.39 is 0 Å². The van der Waals surface area contributed by atoms with Crippen LogP contribution in [-0.2, 0) is 11.2 Å². The van der Waals surface area contributed by atoms with Gasteiger partial charge in [-0.3, -0.25) is 4.79 Å². The average Bonchev–Trinajstić information content (AvgIpc) is 2.32. The van der Waals surface area contributed by atoms with Gasteiger partial charge in [-0.05, 0) is 19.8 Å². The molecule has 1 aliphatic rings. The van der Waals surface area contributed by atoms with Gasteiger partial charge in [-0.25, -0.2) is 9.97 Å². The molecule has 1 aliphatic carbocycles. The number of Topliss-reactive ketones (excluding diaryl/α,β-unsaturated/α-hetero) is 1. The number of nitrogens with zero attached hydrogens (tertiary/aromatic N) is 2. The molecule has 0 spiro atoms. The highest BCUT2D eigenvalue weighted by Gasteiger charge is 2.19. The van der Waals surface area contributed by atoms with E-state index in [2.05, 4.69) is 9.97 Å². The third kappa shape index (κ3) is 3.02. The maximum Gasteiger partial charge on any atom is 0.155 e. The van der Waals surface area contributed by atoms with E-state index in [4.69, 9.17) is 0 Å². The minimum absolute atomic E-state index is 0.00796. The Hall–Kier alpha value is -1.45. The first-order valence-corrected chi connectivity index (χ1v) is 6.21. The molecule has 1 N–H and O–H groups in total. The lowest BCUT2D eigenvalue weighted by atomic mass is 9.88. The highest BCUT2D eigenvalue weighted by Crippen LogP contribution is 2.31. The lowest BCUT2D eigenvalue weighted by Crippen LogP contribution is -2.11. The zero-order valence-corrected chi connectivity index (χ0v) is 10.1. The van der Waals surface area contributed by atoms with E-state index in [1.807, 2.05) is 0 Å². The number of carbonyl (C=O) groups is 1. The summed E-state index contributed by atoms with van der Waals surface area (Å²) in [7, 11) is 0. The molecular weight excluding hydrogens is 216 g/mol. The molecule has 0 saturated heterocycles. The molecule has 0 aromatic carbocycles. The first-order valence-electron chi connectivity index (χ1n) is 6.21. The van der Waals surface area contributed by atoms with Crippen LogP contribution in [0.15, 0.2) is 6.20 Å². The van der Waals surface area contributed by atoms with Crippen LogP contribution in [0, 0.1) is 0 Å². The first kappa shape index (κ1) is 12.0. The van der Waals surface area contributed by atoms with Gasteiger partial charge in [0.25, 0.3) is 0 Å². The summed E-state index contributed by atoms with van der Waals surface area (Å²) in [6, 6.07) is 0. The van der Waals surface area contributed by atoms with Crippen LogP contribution in [0.4, 0.5) is 0 Å². The summed E-state index contributed by atoms with van der Waals surface area (Å²) in [5, 5.41) is 9.60. The number of rotatable bonds is 3. The fourth-order valence-corrected chi connectivity index (χ4v) is 2.35. The summed E-state index contributed by atoms with van der Waals surface area (Å²) in [5.41, 5.74) is 0.466. The van der Waals surface area contributed by atoms with Crippen molar-refractivity contribution in [2.24, 2.45) is 0 Å². The third-order valence-corrected chi connectivity index (χ3v) is 3.25. The largest absolute Gasteiger partial charge is 0.504 e. The van der Waals surface area contributed by atoms with E-state index in [1.165, 1.54) is 32.4 Å². The van der Waals surface area contributed by atoms with Gasteiger partial charge in [0.15, 0.2) is 5.75 Å². The lowest BCUT2D eigenvalue weighted by Gasteiger charge is -2.20. The molecule has 0 aliphatic heterocycles. The topological polar surface area (TPSA) is 63.1 Å². The van der Waals surface area contributed by atoms with Gasteiger partial charge in [0.1, 0.15) is 11.6 Å². The van der Waals surface area contributed by atoms with Crippen molar-refractivity contribution >= 4 is 5.78 Å². The Morgan fingerprint density at radius 1 is 1.41 bits per heavy atom. The van der Waals surface area contributed by atoms with Crippen LogP contribution in [0.1, 0.15) is 56.5 Å². The Morgan fingerprint density at radius 3 is 2.76 bits per heavy atom. The molecule has 2 rings (SSSR count). The molecule has 17 heavy (non-hydrogen) atoms. The van der Waals surface area contributed by atoms with Gasteiger partial charge in [0.05, 0.1) is 18.3 Å². The molecule has 0 amide bonds. The Balaban J connectivity index is 2.20. The number of aromatic hydroxyl groups is 1. The molecule has 4 heteroatoms. The van der Waals surface area contributed by atoms with Gasteiger partial charge in [-0.15, -0.1) is 0 Å². The number of hydrogen-bond acceptors (Lipinski definition) is 4. The summed E-state index contributed by atoms with van der Waals surface area (Å²) >= 11 is 0. The molecule has 1 heterocycles. The highest BCUT2D eigenvalue weighted by molar-refractivity contribution is 5.78. The van der Waals surface area contributed by atoms with Gasteiger partial charge in [-0.1, -0.05) is 19.3 Å². The summed E-state index contributed by atoms with van der Waals surface area (Å²) in [6.07, 6.45) is 7.57. The second kappa shape index (κ2) is 5.25. The lowest BCUT2D eigenvalue weighted by molar-refractivity contribution is -0.116. The summed E-state index contributed by atoms with van der Waals surface area (Å²) in [4.78, 5) is 19.6. The van der Waals surface area contributed by atoms with E-state index in [9.17, 15) is 9.90 Å². The Labute approximate surface area is 101 Å². The number of ketones is 1. The maximum absolute atomic E-state index is 11.1. The smallest absolute Gasteiger partial charge is 0.155 e. The highest BCUT2D eigenvalue weighted by atomic mass is 16.3. The van der Waals surface area contributed by atoms with Crippen LogP contribution >= 0.6 is 0 Å². The van der Waals surface area contributed by atoms with Gasteiger partial charge >= 0.3 is 0 Å². The Bertz CT molecular complexity index is 412. The third-order valence-electron chi connectivity index (χ3n) is 3.25. The standard InChI is InChI=1S/C13H18N2O2/c1-9(16)7-11-12(17)8-14-13(15-11)10-5-3-2-4-6-10/h8,10,17H,2-7H2,1H3. The van der Waals surface area contributed by atoms with Gasteiger partial charge in [0, 0.05) is 5.92 Å². The van der Waals surface area contributed by atoms with Gasteiger partial charge < -0.3 is 5.11 Å². The Morgan fingerprint density at radius 2 is 2.12 bits per heavy atom. The molecular formula is C13H18N2O2. The van der Waals surface area contributed by atoms with Crippen LogP contribution < -0.4 is 0 Å². The van der Waals surface area contributed by atoms with Crippen LogP contribution in [0.5, 0.6) is 5.75 Å². The predicted molar refractivity (Wildman–Crippen MR) is 63.9 cm³/mol. The first-order chi connectivity index (χ1) is 8.16. The quantitative estimate of drug-likeness (QED) is 0.872. The minimum Gasteiger partial charge on any atom is -0.504 e. The molecule has 4 nitrogen and oxygen atoms in total. The zero-order chi connectivity index (χ0) is 12.3. The molecule has 0 radical (unpaired) electrons.